The van der Waals surface area contributed by atoms with Crippen LogP contribution >= 0.6 is 27.5 Å². The van der Waals surface area contributed by atoms with Gasteiger partial charge in [0, 0.05) is 17.6 Å². The van der Waals surface area contributed by atoms with E-state index >= 15 is 0 Å². The molecule has 1 aromatic heterocycles. The van der Waals surface area contributed by atoms with Crippen LogP contribution in [0.1, 0.15) is 29.8 Å². The molecular formula is C16H16BrClN2O4S. The maximum Gasteiger partial charge on any atom is 0.291 e. The molecule has 6 nitrogen and oxygen atoms in total. The third-order valence-corrected chi connectivity index (χ3v) is 6.47. The van der Waals surface area contributed by atoms with Crippen molar-refractivity contribution in [3.63, 3.8) is 0 Å². The maximum absolute atomic E-state index is 12.5. The van der Waals surface area contributed by atoms with Gasteiger partial charge in [0.2, 0.25) is 5.09 Å². The molecule has 1 aromatic carbocycles. The Morgan fingerprint density at radius 1 is 1.16 bits per heavy atom. The molecule has 2 aromatic rings. The van der Waals surface area contributed by atoms with Gasteiger partial charge in [-0.2, -0.15) is 4.31 Å². The second-order valence-electron chi connectivity index (χ2n) is 5.66. The molecule has 0 aliphatic carbocycles. The van der Waals surface area contributed by atoms with E-state index in [1.165, 1.54) is 16.4 Å². The molecule has 1 saturated heterocycles. The van der Waals surface area contributed by atoms with Gasteiger partial charge >= 0.3 is 0 Å². The Morgan fingerprint density at radius 2 is 1.88 bits per heavy atom. The van der Waals surface area contributed by atoms with E-state index in [9.17, 15) is 13.2 Å². The van der Waals surface area contributed by atoms with E-state index in [-0.39, 0.29) is 10.9 Å². The number of piperidine rings is 1. The zero-order chi connectivity index (χ0) is 18.0. The summed E-state index contributed by atoms with van der Waals surface area (Å²) in [4.78, 5) is 12.3. The topological polar surface area (TPSA) is 79.6 Å². The molecule has 25 heavy (non-hydrogen) atoms. The molecule has 0 unspecified atom stereocenters. The van der Waals surface area contributed by atoms with E-state index in [0.29, 0.717) is 23.8 Å². The number of carbonyl (C=O) groups excluding carboxylic acids is 1. The monoisotopic (exact) mass is 446 g/mol. The molecule has 1 N–H and O–H groups in total. The summed E-state index contributed by atoms with van der Waals surface area (Å²) < 4.78 is 32.6. The van der Waals surface area contributed by atoms with Gasteiger partial charge < -0.3 is 9.73 Å². The summed E-state index contributed by atoms with van der Waals surface area (Å²) in [6.07, 6.45) is 2.68. The number of rotatable bonds is 4. The lowest BCUT2D eigenvalue weighted by Crippen LogP contribution is -2.35. The van der Waals surface area contributed by atoms with Gasteiger partial charge in [0.25, 0.3) is 15.9 Å². The van der Waals surface area contributed by atoms with Crippen LogP contribution in [0.25, 0.3) is 0 Å². The highest BCUT2D eigenvalue weighted by Gasteiger charge is 2.29. The van der Waals surface area contributed by atoms with Crippen LogP contribution in [-0.4, -0.2) is 31.7 Å². The minimum atomic E-state index is -3.71. The maximum atomic E-state index is 12.5. The molecule has 1 aliphatic heterocycles. The molecule has 1 amide bonds. The molecule has 0 bridgehead atoms. The molecule has 1 aliphatic rings. The van der Waals surface area contributed by atoms with E-state index in [2.05, 4.69) is 21.2 Å². The van der Waals surface area contributed by atoms with E-state index < -0.39 is 15.9 Å². The van der Waals surface area contributed by atoms with Gasteiger partial charge in [0.1, 0.15) is 0 Å². The van der Waals surface area contributed by atoms with Crippen LogP contribution in [0.3, 0.4) is 0 Å². The second kappa shape index (κ2) is 7.49. The molecule has 2 heterocycles. The molecule has 0 radical (unpaired) electrons. The number of sulfonamides is 1. The van der Waals surface area contributed by atoms with E-state index in [1.807, 2.05) is 0 Å². The van der Waals surface area contributed by atoms with Crippen molar-refractivity contribution < 1.29 is 17.6 Å². The van der Waals surface area contributed by atoms with Gasteiger partial charge in [-0.1, -0.05) is 34.0 Å². The Labute approximate surface area is 159 Å². The van der Waals surface area contributed by atoms with Crippen molar-refractivity contribution in [1.29, 1.82) is 0 Å². The Balaban J connectivity index is 1.77. The number of benzene rings is 1. The van der Waals surface area contributed by atoms with Crippen LogP contribution in [0.5, 0.6) is 0 Å². The van der Waals surface area contributed by atoms with Gasteiger partial charge in [-0.05, 0) is 43.2 Å². The fourth-order valence-electron chi connectivity index (χ4n) is 2.59. The number of nitrogens with zero attached hydrogens (tertiary/aromatic N) is 1. The summed E-state index contributed by atoms with van der Waals surface area (Å²) in [5.74, 6) is -0.654. The quantitative estimate of drug-likeness (QED) is 0.764. The van der Waals surface area contributed by atoms with Gasteiger partial charge in [0.15, 0.2) is 5.76 Å². The highest BCUT2D eigenvalue weighted by Crippen LogP contribution is 2.27. The van der Waals surface area contributed by atoms with Crippen LogP contribution in [0, 0.1) is 0 Å². The average molecular weight is 448 g/mol. The number of halogens is 2. The van der Waals surface area contributed by atoms with E-state index in [1.54, 1.807) is 18.2 Å². The Bertz CT molecular complexity index is 891. The summed E-state index contributed by atoms with van der Waals surface area (Å²) in [6, 6.07) is 7.67. The van der Waals surface area contributed by atoms with Crippen molar-refractivity contribution >= 4 is 49.1 Å². The molecular weight excluding hydrogens is 432 g/mol. The summed E-state index contributed by atoms with van der Waals surface area (Å²) >= 11 is 9.35. The largest absolute Gasteiger partial charge is 0.438 e. The first-order chi connectivity index (χ1) is 11.9. The number of anilines is 1. The van der Waals surface area contributed by atoms with Crippen molar-refractivity contribution in [3.05, 3.63) is 45.6 Å². The molecule has 0 spiro atoms. The highest BCUT2D eigenvalue weighted by atomic mass is 79.9. The Morgan fingerprint density at radius 3 is 2.56 bits per heavy atom. The number of carbonyl (C=O) groups is 1. The van der Waals surface area contributed by atoms with Crippen LogP contribution in [0.2, 0.25) is 5.02 Å². The van der Waals surface area contributed by atoms with Crippen molar-refractivity contribution in [2.75, 3.05) is 18.4 Å². The van der Waals surface area contributed by atoms with Crippen LogP contribution < -0.4 is 5.32 Å². The third-order valence-electron chi connectivity index (χ3n) is 3.89. The molecule has 0 atom stereocenters. The first kappa shape index (κ1) is 18.4. The van der Waals surface area contributed by atoms with E-state index in [4.69, 9.17) is 16.0 Å². The number of hydrogen-bond donors (Lipinski definition) is 1. The smallest absolute Gasteiger partial charge is 0.291 e. The molecule has 1 fully saturated rings. The first-order valence-electron chi connectivity index (χ1n) is 7.74. The minimum absolute atomic E-state index is 0.0884. The van der Waals surface area contributed by atoms with Gasteiger partial charge in [-0.25, -0.2) is 8.42 Å². The lowest BCUT2D eigenvalue weighted by atomic mass is 10.2. The predicted molar refractivity (Wildman–Crippen MR) is 98.4 cm³/mol. The lowest BCUT2D eigenvalue weighted by molar-refractivity contribution is 0.0991. The van der Waals surface area contributed by atoms with Crippen LogP contribution in [0.4, 0.5) is 5.69 Å². The molecule has 134 valence electrons. The summed E-state index contributed by atoms with van der Waals surface area (Å²) in [5, 5.41) is 2.74. The van der Waals surface area contributed by atoms with Crippen LogP contribution in [-0.2, 0) is 10.0 Å². The summed E-state index contributed by atoms with van der Waals surface area (Å²) in [7, 11) is -3.71. The number of nitrogens with one attached hydrogen (secondary N) is 1. The second-order valence-corrected chi connectivity index (χ2v) is 8.85. The fourth-order valence-corrected chi connectivity index (χ4v) is 4.74. The van der Waals surface area contributed by atoms with Crippen molar-refractivity contribution in [3.8, 4) is 0 Å². The minimum Gasteiger partial charge on any atom is -0.438 e. The zero-order valence-corrected chi connectivity index (χ0v) is 16.3. The van der Waals surface area contributed by atoms with Gasteiger partial charge in [0.05, 0.1) is 10.7 Å². The number of furan rings is 1. The normalized spacial score (nSPS) is 15.9. The highest BCUT2D eigenvalue weighted by molar-refractivity contribution is 9.10. The van der Waals surface area contributed by atoms with E-state index in [0.717, 1.165) is 23.7 Å². The Kier molecular flexibility index (Phi) is 5.52. The number of amides is 1. The molecule has 3 rings (SSSR count). The molecule has 9 heteroatoms. The zero-order valence-electron chi connectivity index (χ0n) is 13.2. The summed E-state index contributed by atoms with van der Waals surface area (Å²) in [5.41, 5.74) is 0.409. The fraction of sp³-hybridized carbons (Fsp3) is 0.312. The standard InChI is InChI=1S/C16H16BrClN2O4S/c17-11-4-5-13(12(18)10-11)19-16(21)14-6-7-15(24-14)25(22,23)20-8-2-1-3-9-20/h4-7,10H,1-3,8-9H2,(H,19,21). The summed E-state index contributed by atoms with van der Waals surface area (Å²) in [6.45, 7) is 0.943. The third kappa shape index (κ3) is 4.08. The van der Waals surface area contributed by atoms with Crippen LogP contribution in [0.15, 0.2) is 44.3 Å². The lowest BCUT2D eigenvalue weighted by Gasteiger charge is -2.24. The van der Waals surface area contributed by atoms with Crippen molar-refractivity contribution in [2.45, 2.75) is 24.4 Å². The van der Waals surface area contributed by atoms with Gasteiger partial charge in [-0.15, -0.1) is 0 Å². The Hall–Kier alpha value is -1.35. The number of hydrogen-bond acceptors (Lipinski definition) is 4. The van der Waals surface area contributed by atoms with Gasteiger partial charge in [-0.3, -0.25) is 4.79 Å². The first-order valence-corrected chi connectivity index (χ1v) is 10.4. The van der Waals surface area contributed by atoms with Crippen molar-refractivity contribution in [2.24, 2.45) is 0 Å². The predicted octanol–water partition coefficient (Wildman–Crippen LogP) is 4.12. The SMILES string of the molecule is O=C(Nc1ccc(Br)cc1Cl)c1ccc(S(=O)(=O)N2CCCCC2)o1. The van der Waals surface area contributed by atoms with Crippen molar-refractivity contribution in [1.82, 2.24) is 4.31 Å². The molecule has 0 saturated carbocycles. The average Bonchev–Trinajstić information content (AvgIpc) is 3.09.